The Morgan fingerprint density at radius 2 is 1.59 bits per heavy atom. The Kier molecular flexibility index (Phi) is 7.37. The molecule has 0 aliphatic heterocycles. The van der Waals surface area contributed by atoms with Crippen molar-refractivity contribution in [3.05, 3.63) is 88.5 Å². The van der Waals surface area contributed by atoms with E-state index in [1.165, 1.54) is 18.2 Å². The maximum absolute atomic E-state index is 12.7. The summed E-state index contributed by atoms with van der Waals surface area (Å²) in [7, 11) is 0. The van der Waals surface area contributed by atoms with Crippen LogP contribution in [0, 0.1) is 10.1 Å². The number of amides is 2. The summed E-state index contributed by atoms with van der Waals surface area (Å²) < 4.78 is 10.7. The van der Waals surface area contributed by atoms with Crippen LogP contribution in [0.2, 0.25) is 0 Å². The first-order valence-corrected chi connectivity index (χ1v) is 9.77. The predicted octanol–water partition coefficient (Wildman–Crippen LogP) is 4.26. The molecule has 0 saturated heterocycles. The highest BCUT2D eigenvalue weighted by molar-refractivity contribution is 6.10. The Morgan fingerprint density at radius 3 is 2.31 bits per heavy atom. The van der Waals surface area contributed by atoms with Gasteiger partial charge in [-0.2, -0.15) is 0 Å². The zero-order valence-corrected chi connectivity index (χ0v) is 17.2. The maximum atomic E-state index is 12.7. The number of nitrogens with zero attached hydrogens (tertiary/aromatic N) is 1. The summed E-state index contributed by atoms with van der Waals surface area (Å²) >= 11 is 0. The van der Waals surface area contributed by atoms with Crippen molar-refractivity contribution in [1.29, 1.82) is 0 Å². The molecule has 32 heavy (non-hydrogen) atoms. The van der Waals surface area contributed by atoms with Crippen molar-refractivity contribution < 1.29 is 24.0 Å². The Morgan fingerprint density at radius 1 is 0.906 bits per heavy atom. The number of benzene rings is 3. The van der Waals surface area contributed by atoms with Crippen LogP contribution in [0.5, 0.6) is 11.5 Å². The van der Waals surface area contributed by atoms with E-state index in [2.05, 4.69) is 10.6 Å². The van der Waals surface area contributed by atoms with Crippen LogP contribution >= 0.6 is 0 Å². The fourth-order valence-corrected chi connectivity index (χ4v) is 2.85. The SMILES string of the molecule is CCOc1ccc(NC(=O)c2ccccc2NC(=O)COc2ccccc2[N+](=O)[O-])cc1. The number of para-hydroxylation sites is 3. The summed E-state index contributed by atoms with van der Waals surface area (Å²) in [6.45, 7) is 1.97. The fourth-order valence-electron chi connectivity index (χ4n) is 2.85. The van der Waals surface area contributed by atoms with Gasteiger partial charge >= 0.3 is 5.69 Å². The van der Waals surface area contributed by atoms with Crippen LogP contribution < -0.4 is 20.1 Å². The number of hydrogen-bond donors (Lipinski definition) is 2. The van der Waals surface area contributed by atoms with Gasteiger partial charge in [-0.15, -0.1) is 0 Å². The summed E-state index contributed by atoms with van der Waals surface area (Å²) in [6, 6.07) is 19.2. The molecule has 9 nitrogen and oxygen atoms in total. The highest BCUT2D eigenvalue weighted by Gasteiger charge is 2.17. The Balaban J connectivity index is 1.65. The van der Waals surface area contributed by atoms with Gasteiger partial charge < -0.3 is 20.1 Å². The molecule has 0 spiro atoms. The van der Waals surface area contributed by atoms with E-state index in [9.17, 15) is 19.7 Å². The molecule has 0 radical (unpaired) electrons. The van der Waals surface area contributed by atoms with E-state index < -0.39 is 23.3 Å². The quantitative estimate of drug-likeness (QED) is 0.383. The van der Waals surface area contributed by atoms with Crippen LogP contribution in [0.1, 0.15) is 17.3 Å². The Hall–Kier alpha value is -4.40. The van der Waals surface area contributed by atoms with E-state index >= 15 is 0 Å². The minimum atomic E-state index is -0.589. The normalized spacial score (nSPS) is 10.2. The summed E-state index contributed by atoms with van der Waals surface area (Å²) in [4.78, 5) is 35.5. The largest absolute Gasteiger partial charge is 0.494 e. The molecule has 0 heterocycles. The van der Waals surface area contributed by atoms with Crippen molar-refractivity contribution >= 4 is 28.9 Å². The summed E-state index contributed by atoms with van der Waals surface area (Å²) in [6.07, 6.45) is 0. The van der Waals surface area contributed by atoms with E-state index in [1.807, 2.05) is 6.92 Å². The number of rotatable bonds is 9. The van der Waals surface area contributed by atoms with E-state index in [4.69, 9.17) is 9.47 Å². The number of carbonyl (C=O) groups excluding carboxylic acids is 2. The first-order chi connectivity index (χ1) is 15.5. The number of hydrogen-bond acceptors (Lipinski definition) is 6. The van der Waals surface area contributed by atoms with Gasteiger partial charge in [0.15, 0.2) is 12.4 Å². The molecule has 0 fully saturated rings. The van der Waals surface area contributed by atoms with Gasteiger partial charge in [-0.3, -0.25) is 19.7 Å². The molecule has 3 rings (SSSR count). The maximum Gasteiger partial charge on any atom is 0.310 e. The molecule has 0 unspecified atom stereocenters. The second kappa shape index (κ2) is 10.6. The van der Waals surface area contributed by atoms with Crippen molar-refractivity contribution in [3.63, 3.8) is 0 Å². The molecule has 2 N–H and O–H groups in total. The second-order valence-corrected chi connectivity index (χ2v) is 6.52. The lowest BCUT2D eigenvalue weighted by molar-refractivity contribution is -0.385. The summed E-state index contributed by atoms with van der Waals surface area (Å²) in [5.41, 5.74) is 0.863. The Labute approximate surface area is 184 Å². The molecule has 3 aromatic rings. The average molecular weight is 435 g/mol. The molecule has 9 heteroatoms. The molecular formula is C23H21N3O6. The van der Waals surface area contributed by atoms with Crippen LogP contribution in [-0.2, 0) is 4.79 Å². The highest BCUT2D eigenvalue weighted by atomic mass is 16.6. The van der Waals surface area contributed by atoms with Gasteiger partial charge in [0.25, 0.3) is 11.8 Å². The van der Waals surface area contributed by atoms with Crippen molar-refractivity contribution in [3.8, 4) is 11.5 Å². The number of nitro benzene ring substituents is 1. The van der Waals surface area contributed by atoms with Gasteiger partial charge in [0.05, 0.1) is 22.8 Å². The predicted molar refractivity (Wildman–Crippen MR) is 119 cm³/mol. The molecule has 0 aliphatic carbocycles. The van der Waals surface area contributed by atoms with Gasteiger partial charge in [-0.05, 0) is 49.4 Å². The molecule has 3 aromatic carbocycles. The number of nitro groups is 1. The van der Waals surface area contributed by atoms with Crippen molar-refractivity contribution in [2.24, 2.45) is 0 Å². The first-order valence-electron chi connectivity index (χ1n) is 9.77. The number of anilines is 2. The molecule has 2 amide bonds. The van der Waals surface area contributed by atoms with Crippen molar-refractivity contribution in [1.82, 2.24) is 0 Å². The van der Waals surface area contributed by atoms with Crippen LogP contribution in [-0.4, -0.2) is 30.0 Å². The van der Waals surface area contributed by atoms with Gasteiger partial charge in [0, 0.05) is 11.8 Å². The minimum absolute atomic E-state index is 0.0193. The monoisotopic (exact) mass is 435 g/mol. The van der Waals surface area contributed by atoms with Gasteiger partial charge in [0.2, 0.25) is 0 Å². The lowest BCUT2D eigenvalue weighted by Gasteiger charge is -2.12. The summed E-state index contributed by atoms with van der Waals surface area (Å²) in [5, 5.41) is 16.4. The molecule has 0 saturated carbocycles. The fraction of sp³-hybridized carbons (Fsp3) is 0.130. The second-order valence-electron chi connectivity index (χ2n) is 6.52. The van der Waals surface area contributed by atoms with Crippen molar-refractivity contribution in [2.75, 3.05) is 23.8 Å². The average Bonchev–Trinajstić information content (AvgIpc) is 2.79. The third-order valence-corrected chi connectivity index (χ3v) is 4.29. The van der Waals surface area contributed by atoms with Crippen LogP contribution in [0.4, 0.5) is 17.1 Å². The third kappa shape index (κ3) is 5.82. The molecule has 0 bridgehead atoms. The van der Waals surface area contributed by atoms with Crippen molar-refractivity contribution in [2.45, 2.75) is 6.92 Å². The molecule has 164 valence electrons. The van der Waals surface area contributed by atoms with E-state index in [1.54, 1.807) is 54.6 Å². The summed E-state index contributed by atoms with van der Waals surface area (Å²) in [5.74, 6) is -0.305. The van der Waals surface area contributed by atoms with Gasteiger partial charge in [-0.1, -0.05) is 24.3 Å². The van der Waals surface area contributed by atoms with E-state index in [0.29, 0.717) is 18.0 Å². The minimum Gasteiger partial charge on any atom is -0.494 e. The molecule has 0 aliphatic rings. The van der Waals surface area contributed by atoms with Gasteiger partial charge in [-0.25, -0.2) is 0 Å². The molecule has 0 atom stereocenters. The smallest absolute Gasteiger partial charge is 0.310 e. The van der Waals surface area contributed by atoms with E-state index in [-0.39, 0.29) is 22.7 Å². The van der Waals surface area contributed by atoms with E-state index in [0.717, 1.165) is 0 Å². The number of ether oxygens (including phenoxy) is 2. The topological polar surface area (TPSA) is 120 Å². The van der Waals surface area contributed by atoms with Crippen LogP contribution in [0.25, 0.3) is 0 Å². The Bertz CT molecular complexity index is 1110. The molecular weight excluding hydrogens is 414 g/mol. The zero-order chi connectivity index (χ0) is 22.9. The lowest BCUT2D eigenvalue weighted by atomic mass is 10.1. The standard InChI is InChI=1S/C23H21N3O6/c1-2-31-17-13-11-16(12-14-17)24-23(28)18-7-3-4-8-19(18)25-22(27)15-32-21-10-6-5-9-20(21)26(29)30/h3-14H,2,15H2,1H3,(H,24,28)(H,25,27). The number of carbonyl (C=O) groups is 2. The first kappa shape index (κ1) is 22.3. The zero-order valence-electron chi connectivity index (χ0n) is 17.2. The lowest BCUT2D eigenvalue weighted by Crippen LogP contribution is -2.23. The van der Waals surface area contributed by atoms with Gasteiger partial charge in [0.1, 0.15) is 5.75 Å². The third-order valence-electron chi connectivity index (χ3n) is 4.29. The van der Waals surface area contributed by atoms with Crippen LogP contribution in [0.3, 0.4) is 0 Å². The molecule has 0 aromatic heterocycles. The van der Waals surface area contributed by atoms with Crippen LogP contribution in [0.15, 0.2) is 72.8 Å². The highest BCUT2D eigenvalue weighted by Crippen LogP contribution is 2.26. The number of nitrogens with one attached hydrogen (secondary N) is 2.